The molecule has 0 spiro atoms. The van der Waals surface area contributed by atoms with Crippen LogP contribution in [0.3, 0.4) is 0 Å². The average Bonchev–Trinajstić information content (AvgIpc) is 2.57. The molecule has 1 aromatic heterocycles. The maximum Gasteiger partial charge on any atom is 0.117 e. The molecule has 0 radical (unpaired) electrons. The van der Waals surface area contributed by atoms with Gasteiger partial charge < -0.3 is 11.1 Å². The Morgan fingerprint density at radius 3 is 2.87 bits per heavy atom. The van der Waals surface area contributed by atoms with Gasteiger partial charge in [-0.2, -0.15) is 4.37 Å². The molecule has 0 aliphatic carbocycles. The van der Waals surface area contributed by atoms with Crippen LogP contribution in [0.4, 0.5) is 5.00 Å². The maximum atomic E-state index is 5.92. The number of hydrogen-bond acceptors (Lipinski definition) is 4. The number of anilines is 1. The number of aromatic nitrogens is 1. The second-order valence-corrected chi connectivity index (χ2v) is 5.14. The first kappa shape index (κ1) is 10.4. The Balaban J connectivity index is 2.22. The van der Waals surface area contributed by atoms with Crippen LogP contribution in [-0.4, -0.2) is 16.5 Å². The summed E-state index contributed by atoms with van der Waals surface area (Å²) in [7, 11) is 0. The van der Waals surface area contributed by atoms with Gasteiger partial charge in [0.1, 0.15) is 5.00 Å². The number of rotatable bonds is 3. The largest absolute Gasteiger partial charge is 0.373 e. The number of benzene rings is 1. The van der Waals surface area contributed by atoms with Crippen LogP contribution in [0.25, 0.3) is 10.9 Å². The lowest BCUT2D eigenvalue weighted by atomic mass is 10.1. The van der Waals surface area contributed by atoms with Gasteiger partial charge in [0.15, 0.2) is 0 Å². The zero-order valence-electron chi connectivity index (χ0n) is 8.95. The van der Waals surface area contributed by atoms with E-state index >= 15 is 0 Å². The van der Waals surface area contributed by atoms with E-state index in [0.717, 1.165) is 17.1 Å². The van der Waals surface area contributed by atoms with E-state index < -0.39 is 0 Å². The molecular formula is C11H15N3S. The summed E-state index contributed by atoms with van der Waals surface area (Å²) in [4.78, 5) is 0. The van der Waals surface area contributed by atoms with Crippen molar-refractivity contribution in [3.8, 4) is 0 Å². The van der Waals surface area contributed by atoms with E-state index in [1.807, 2.05) is 32.0 Å². The standard InChI is InChI=1S/C11H15N3S/c1-11(2,12)7-13-10-8-5-3-4-6-9(8)14-15-10/h3-6,13H,7,12H2,1-2H3. The van der Waals surface area contributed by atoms with Crippen LogP contribution in [0.15, 0.2) is 24.3 Å². The Morgan fingerprint density at radius 2 is 2.13 bits per heavy atom. The average molecular weight is 221 g/mol. The third kappa shape index (κ3) is 2.46. The van der Waals surface area contributed by atoms with Gasteiger partial charge in [-0.05, 0) is 37.5 Å². The summed E-state index contributed by atoms with van der Waals surface area (Å²) in [5.74, 6) is 0. The third-order valence-electron chi connectivity index (χ3n) is 2.09. The highest BCUT2D eigenvalue weighted by atomic mass is 32.1. The SMILES string of the molecule is CC(C)(N)CNc1snc2ccccc12. The molecule has 80 valence electrons. The number of nitrogens with zero attached hydrogens (tertiary/aromatic N) is 1. The lowest BCUT2D eigenvalue weighted by Crippen LogP contribution is -2.39. The van der Waals surface area contributed by atoms with Gasteiger partial charge in [0.2, 0.25) is 0 Å². The van der Waals surface area contributed by atoms with Crippen molar-refractivity contribution in [3.63, 3.8) is 0 Å². The zero-order valence-corrected chi connectivity index (χ0v) is 9.77. The molecule has 0 atom stereocenters. The summed E-state index contributed by atoms with van der Waals surface area (Å²) in [6.07, 6.45) is 0. The highest BCUT2D eigenvalue weighted by molar-refractivity contribution is 7.11. The van der Waals surface area contributed by atoms with Crippen molar-refractivity contribution >= 4 is 27.4 Å². The van der Waals surface area contributed by atoms with Crippen LogP contribution in [0, 0.1) is 0 Å². The van der Waals surface area contributed by atoms with Gasteiger partial charge in [-0.25, -0.2) is 0 Å². The zero-order chi connectivity index (χ0) is 10.9. The van der Waals surface area contributed by atoms with Crippen LogP contribution in [0.1, 0.15) is 13.8 Å². The molecule has 0 fully saturated rings. The molecule has 2 rings (SSSR count). The van der Waals surface area contributed by atoms with Gasteiger partial charge in [-0.15, -0.1) is 0 Å². The minimum absolute atomic E-state index is 0.203. The van der Waals surface area contributed by atoms with E-state index in [9.17, 15) is 0 Å². The van der Waals surface area contributed by atoms with Crippen molar-refractivity contribution in [3.05, 3.63) is 24.3 Å². The second-order valence-electron chi connectivity index (χ2n) is 4.37. The highest BCUT2D eigenvalue weighted by Crippen LogP contribution is 2.27. The van der Waals surface area contributed by atoms with Crippen molar-refractivity contribution in [2.45, 2.75) is 19.4 Å². The first-order chi connectivity index (χ1) is 7.06. The van der Waals surface area contributed by atoms with Crippen molar-refractivity contribution in [1.82, 2.24) is 4.37 Å². The topological polar surface area (TPSA) is 50.9 Å². The predicted molar refractivity (Wildman–Crippen MR) is 66.4 cm³/mol. The molecule has 0 aliphatic heterocycles. The molecule has 1 aromatic carbocycles. The summed E-state index contributed by atoms with van der Waals surface area (Å²) >= 11 is 1.49. The van der Waals surface area contributed by atoms with E-state index in [2.05, 4.69) is 15.8 Å². The van der Waals surface area contributed by atoms with Crippen molar-refractivity contribution in [2.24, 2.45) is 5.73 Å². The van der Waals surface area contributed by atoms with Gasteiger partial charge in [0, 0.05) is 17.5 Å². The van der Waals surface area contributed by atoms with Crippen LogP contribution >= 0.6 is 11.5 Å². The fraction of sp³-hybridized carbons (Fsp3) is 0.364. The number of nitrogens with one attached hydrogen (secondary N) is 1. The van der Waals surface area contributed by atoms with Crippen LogP contribution in [0.2, 0.25) is 0 Å². The van der Waals surface area contributed by atoms with Crippen molar-refractivity contribution in [2.75, 3.05) is 11.9 Å². The highest BCUT2D eigenvalue weighted by Gasteiger charge is 2.12. The van der Waals surface area contributed by atoms with E-state index in [1.165, 1.54) is 16.9 Å². The van der Waals surface area contributed by atoms with E-state index in [0.29, 0.717) is 0 Å². The fourth-order valence-corrected chi connectivity index (χ4v) is 2.08. The Morgan fingerprint density at radius 1 is 1.40 bits per heavy atom. The van der Waals surface area contributed by atoms with Crippen molar-refractivity contribution in [1.29, 1.82) is 0 Å². The maximum absolute atomic E-state index is 5.92. The quantitative estimate of drug-likeness (QED) is 0.837. The van der Waals surface area contributed by atoms with E-state index in [1.54, 1.807) is 0 Å². The molecule has 0 unspecified atom stereocenters. The van der Waals surface area contributed by atoms with Gasteiger partial charge >= 0.3 is 0 Å². The molecule has 2 aromatic rings. The molecule has 3 nitrogen and oxygen atoms in total. The molecule has 0 saturated carbocycles. The van der Waals surface area contributed by atoms with Crippen LogP contribution in [0.5, 0.6) is 0 Å². The molecule has 3 N–H and O–H groups in total. The molecular weight excluding hydrogens is 206 g/mol. The van der Waals surface area contributed by atoms with Crippen LogP contribution < -0.4 is 11.1 Å². The Kier molecular flexibility index (Phi) is 2.63. The third-order valence-corrected chi connectivity index (χ3v) is 2.92. The molecule has 15 heavy (non-hydrogen) atoms. The van der Waals surface area contributed by atoms with Gasteiger partial charge in [-0.1, -0.05) is 12.1 Å². The van der Waals surface area contributed by atoms with Crippen LogP contribution in [-0.2, 0) is 0 Å². The number of fused-ring (bicyclic) bond motifs is 1. The molecule has 0 bridgehead atoms. The summed E-state index contributed by atoms with van der Waals surface area (Å²) in [6, 6.07) is 8.11. The molecule has 1 heterocycles. The van der Waals surface area contributed by atoms with Gasteiger partial charge in [-0.3, -0.25) is 0 Å². The lowest BCUT2D eigenvalue weighted by molar-refractivity contribution is 0.550. The second kappa shape index (κ2) is 3.79. The Labute approximate surface area is 93.5 Å². The van der Waals surface area contributed by atoms with E-state index in [4.69, 9.17) is 5.73 Å². The first-order valence-electron chi connectivity index (χ1n) is 4.93. The molecule has 0 saturated heterocycles. The van der Waals surface area contributed by atoms with E-state index in [-0.39, 0.29) is 5.54 Å². The summed E-state index contributed by atoms with van der Waals surface area (Å²) in [5.41, 5.74) is 6.76. The van der Waals surface area contributed by atoms with Gasteiger partial charge in [0.25, 0.3) is 0 Å². The fourth-order valence-electron chi connectivity index (χ4n) is 1.32. The predicted octanol–water partition coefficient (Wildman–Crippen LogP) is 2.45. The number of nitrogens with two attached hydrogens (primary N) is 1. The smallest absolute Gasteiger partial charge is 0.117 e. The summed E-state index contributed by atoms with van der Waals surface area (Å²) < 4.78 is 4.36. The summed E-state index contributed by atoms with van der Waals surface area (Å²) in [5, 5.41) is 5.61. The number of hydrogen-bond donors (Lipinski definition) is 2. The summed E-state index contributed by atoms with van der Waals surface area (Å²) in [6.45, 7) is 4.76. The minimum Gasteiger partial charge on any atom is -0.373 e. The normalized spacial score (nSPS) is 11.9. The first-order valence-corrected chi connectivity index (χ1v) is 5.71. The molecule has 0 aliphatic rings. The minimum atomic E-state index is -0.203. The Bertz CT molecular complexity index is 456. The lowest BCUT2D eigenvalue weighted by Gasteiger charge is -2.18. The molecule has 0 amide bonds. The molecule has 4 heteroatoms. The monoisotopic (exact) mass is 221 g/mol. The van der Waals surface area contributed by atoms with Crippen molar-refractivity contribution < 1.29 is 0 Å². The van der Waals surface area contributed by atoms with Gasteiger partial charge in [0.05, 0.1) is 5.52 Å². The Hall–Kier alpha value is -1.13.